The monoisotopic (exact) mass is 692 g/mol. The molecule has 0 unspecified atom stereocenters. The van der Waals surface area contributed by atoms with Gasteiger partial charge in [-0.3, -0.25) is 4.79 Å². The van der Waals surface area contributed by atoms with Crippen molar-refractivity contribution in [2.24, 2.45) is 5.73 Å². The van der Waals surface area contributed by atoms with E-state index in [-0.39, 0.29) is 27.4 Å². The number of nitrogens with zero attached hydrogens (tertiary/aromatic N) is 3. The Balaban J connectivity index is 1.22. The molecule has 1 aliphatic heterocycles. The molecule has 1 saturated heterocycles. The van der Waals surface area contributed by atoms with Crippen molar-refractivity contribution < 1.29 is 13.2 Å². The lowest BCUT2D eigenvalue weighted by molar-refractivity contribution is 0.100. The first-order valence-corrected chi connectivity index (χ1v) is 17.8. The van der Waals surface area contributed by atoms with Crippen LogP contribution >= 0.6 is 34.8 Å². The van der Waals surface area contributed by atoms with Crippen molar-refractivity contribution in [2.45, 2.75) is 48.5 Å². The molecular formula is C35H31Cl3N4O3S. The Kier molecular flexibility index (Phi) is 8.36. The third-order valence-corrected chi connectivity index (χ3v) is 11.8. The van der Waals surface area contributed by atoms with Crippen LogP contribution in [0.3, 0.4) is 0 Å². The fourth-order valence-electron chi connectivity index (χ4n) is 6.56. The van der Waals surface area contributed by atoms with Crippen LogP contribution in [0.15, 0.2) is 89.8 Å². The van der Waals surface area contributed by atoms with Crippen LogP contribution in [0, 0.1) is 0 Å². The highest BCUT2D eigenvalue weighted by molar-refractivity contribution is 7.89. The van der Waals surface area contributed by atoms with Gasteiger partial charge in [0.2, 0.25) is 15.9 Å². The van der Waals surface area contributed by atoms with Crippen molar-refractivity contribution in [1.82, 2.24) is 13.9 Å². The van der Waals surface area contributed by atoms with Crippen LogP contribution in [0.4, 0.5) is 0 Å². The first kappa shape index (κ1) is 31.2. The highest BCUT2D eigenvalue weighted by Crippen LogP contribution is 2.44. The lowest BCUT2D eigenvalue weighted by Gasteiger charge is -2.33. The third-order valence-electron chi connectivity index (χ3n) is 9.06. The summed E-state index contributed by atoms with van der Waals surface area (Å²) in [5.41, 5.74) is 10.8. The summed E-state index contributed by atoms with van der Waals surface area (Å²) < 4.78 is 31.0. The molecule has 11 heteroatoms. The zero-order valence-corrected chi connectivity index (χ0v) is 27.8. The minimum absolute atomic E-state index is 0.0220. The van der Waals surface area contributed by atoms with Crippen LogP contribution in [0.5, 0.6) is 0 Å². The molecule has 0 spiro atoms. The minimum Gasteiger partial charge on any atom is -0.366 e. The van der Waals surface area contributed by atoms with E-state index in [4.69, 9.17) is 45.5 Å². The first-order valence-electron chi connectivity index (χ1n) is 15.2. The maximum atomic E-state index is 13.6. The summed E-state index contributed by atoms with van der Waals surface area (Å²) in [4.78, 5) is 16.8. The fraction of sp³-hybridized carbons (Fsp3) is 0.257. The molecule has 5 aromatic rings. The number of primary amides is 1. The van der Waals surface area contributed by atoms with Gasteiger partial charge in [-0.25, -0.2) is 13.4 Å². The lowest BCUT2D eigenvalue weighted by Crippen LogP contribution is -2.39. The minimum atomic E-state index is -3.81. The second-order valence-electron chi connectivity index (χ2n) is 12.0. The van der Waals surface area contributed by atoms with Gasteiger partial charge < -0.3 is 10.3 Å². The molecular weight excluding hydrogens is 663 g/mol. The predicted octanol–water partition coefficient (Wildman–Crippen LogP) is 8.18. The summed E-state index contributed by atoms with van der Waals surface area (Å²) in [6.45, 7) is 0.702. The Labute approximate surface area is 282 Å². The predicted molar refractivity (Wildman–Crippen MR) is 183 cm³/mol. The number of amides is 1. The van der Waals surface area contributed by atoms with E-state index in [9.17, 15) is 13.2 Å². The van der Waals surface area contributed by atoms with Crippen LogP contribution in [0.1, 0.15) is 76.4 Å². The molecule has 0 radical (unpaired) electrons. The topological polar surface area (TPSA) is 98.3 Å². The Morgan fingerprint density at radius 2 is 1.37 bits per heavy atom. The molecule has 1 saturated carbocycles. The molecule has 7 nitrogen and oxygen atoms in total. The molecule has 2 aliphatic rings. The van der Waals surface area contributed by atoms with Crippen LogP contribution in [-0.2, 0) is 10.0 Å². The number of benzene rings is 4. The number of halogens is 3. The van der Waals surface area contributed by atoms with Crippen LogP contribution in [-0.4, -0.2) is 41.3 Å². The summed E-state index contributed by atoms with van der Waals surface area (Å²) in [5.74, 6) is 0.736. The average Bonchev–Trinajstić information content (AvgIpc) is 3.83. The van der Waals surface area contributed by atoms with Crippen molar-refractivity contribution in [3.63, 3.8) is 0 Å². The summed E-state index contributed by atoms with van der Waals surface area (Å²) in [7, 11) is -3.81. The number of sulfonamides is 1. The Morgan fingerprint density at radius 1 is 0.783 bits per heavy atom. The molecule has 4 aromatic carbocycles. The molecule has 0 atom stereocenters. The number of hydrogen-bond acceptors (Lipinski definition) is 4. The van der Waals surface area contributed by atoms with Crippen LogP contribution in [0.25, 0.3) is 11.0 Å². The number of piperidine rings is 1. The van der Waals surface area contributed by atoms with Gasteiger partial charge in [-0.15, -0.1) is 0 Å². The van der Waals surface area contributed by atoms with E-state index in [0.29, 0.717) is 41.9 Å². The number of fused-ring (bicyclic) bond motifs is 1. The largest absolute Gasteiger partial charge is 0.366 e. The summed E-state index contributed by atoms with van der Waals surface area (Å²) in [5, 5.41) is 1.38. The Bertz CT molecular complexity index is 2010. The second kappa shape index (κ2) is 12.3. The number of rotatable bonds is 8. The van der Waals surface area contributed by atoms with Gasteiger partial charge in [-0.2, -0.15) is 4.31 Å². The molecule has 1 aliphatic carbocycles. The van der Waals surface area contributed by atoms with Gasteiger partial charge in [-0.05, 0) is 97.0 Å². The van der Waals surface area contributed by atoms with E-state index in [1.54, 1.807) is 0 Å². The summed E-state index contributed by atoms with van der Waals surface area (Å²) >= 11 is 18.7. The van der Waals surface area contributed by atoms with Crippen molar-refractivity contribution in [2.75, 3.05) is 13.1 Å². The smallest absolute Gasteiger partial charge is 0.250 e. The fourth-order valence-corrected chi connectivity index (χ4v) is 8.64. The first-order chi connectivity index (χ1) is 22.1. The molecule has 2 fully saturated rings. The van der Waals surface area contributed by atoms with E-state index < -0.39 is 15.9 Å². The molecule has 0 bridgehead atoms. The van der Waals surface area contributed by atoms with E-state index in [0.717, 1.165) is 46.4 Å². The van der Waals surface area contributed by atoms with E-state index in [1.165, 1.54) is 22.5 Å². The van der Waals surface area contributed by atoms with E-state index in [2.05, 4.69) is 47.0 Å². The molecule has 46 heavy (non-hydrogen) atoms. The number of nitrogens with two attached hydrogens (primary N) is 1. The molecule has 7 rings (SSSR count). The van der Waals surface area contributed by atoms with Crippen molar-refractivity contribution >= 4 is 61.8 Å². The van der Waals surface area contributed by atoms with Crippen molar-refractivity contribution in [3.05, 3.63) is 128 Å². The number of imidazole rings is 1. The number of carbonyl (C=O) groups excluding carboxylic acids is 1. The maximum absolute atomic E-state index is 13.6. The SMILES string of the molecule is NC(=O)c1ccc(S(=O)(=O)N2CCC(n3c(C4CC4)nc4ccc(C(c5ccc(Cl)cc5)c5ccc(Cl)cc5)cc43)CC2)cc1Cl. The number of hydrogen-bond donors (Lipinski definition) is 1. The van der Waals surface area contributed by atoms with Gasteiger partial charge >= 0.3 is 0 Å². The zero-order valence-electron chi connectivity index (χ0n) is 24.7. The Hall–Kier alpha value is -3.40. The van der Waals surface area contributed by atoms with Crippen molar-refractivity contribution in [3.8, 4) is 0 Å². The van der Waals surface area contributed by atoms with Crippen LogP contribution < -0.4 is 5.73 Å². The van der Waals surface area contributed by atoms with Gasteiger partial charge in [0.25, 0.3) is 0 Å². The maximum Gasteiger partial charge on any atom is 0.250 e. The molecule has 1 amide bonds. The molecule has 2 heterocycles. The van der Waals surface area contributed by atoms with E-state index >= 15 is 0 Å². The zero-order chi connectivity index (χ0) is 32.2. The van der Waals surface area contributed by atoms with Gasteiger partial charge in [-0.1, -0.05) is 65.1 Å². The highest BCUT2D eigenvalue weighted by Gasteiger charge is 2.36. The second-order valence-corrected chi connectivity index (χ2v) is 15.3. The van der Waals surface area contributed by atoms with Gasteiger partial charge in [0, 0.05) is 41.0 Å². The third kappa shape index (κ3) is 5.93. The van der Waals surface area contributed by atoms with Gasteiger partial charge in [0.05, 0.1) is 26.5 Å². The van der Waals surface area contributed by atoms with Crippen LogP contribution in [0.2, 0.25) is 15.1 Å². The van der Waals surface area contributed by atoms with Gasteiger partial charge in [0.1, 0.15) is 5.82 Å². The molecule has 2 N–H and O–H groups in total. The van der Waals surface area contributed by atoms with Crippen molar-refractivity contribution in [1.29, 1.82) is 0 Å². The molecule has 1 aromatic heterocycles. The summed E-state index contributed by atoms with van der Waals surface area (Å²) in [6.07, 6.45) is 3.48. The standard InChI is InChI=1S/C35H31Cl3N4O3S/c36-25-8-3-21(4-9-25)33(22-5-10-26(37)11-6-22)24-7-14-31-32(19-24)42(35(40-31)23-1-2-23)27-15-17-41(18-16-27)46(44,45)28-12-13-29(34(39)43)30(38)20-28/h3-14,19-20,23,27,33H,1-2,15-18H2,(H2,39,43). The lowest BCUT2D eigenvalue weighted by atomic mass is 9.85. The number of aromatic nitrogens is 2. The van der Waals surface area contributed by atoms with E-state index in [1.807, 2.05) is 24.3 Å². The number of carbonyl (C=O) groups is 1. The Morgan fingerprint density at radius 3 is 1.91 bits per heavy atom. The average molecular weight is 694 g/mol. The quantitative estimate of drug-likeness (QED) is 0.166. The summed E-state index contributed by atoms with van der Waals surface area (Å²) in [6, 6.07) is 26.5. The molecule has 236 valence electrons. The van der Waals surface area contributed by atoms with Gasteiger partial charge in [0.15, 0.2) is 0 Å². The highest BCUT2D eigenvalue weighted by atomic mass is 35.5. The normalized spacial score (nSPS) is 16.3.